The molecular formula is C20H17N5. The van der Waals surface area contributed by atoms with E-state index in [-0.39, 0.29) is 0 Å². The van der Waals surface area contributed by atoms with E-state index in [1.54, 1.807) is 12.4 Å². The van der Waals surface area contributed by atoms with Gasteiger partial charge in [-0.15, -0.1) is 0 Å². The predicted octanol–water partition coefficient (Wildman–Crippen LogP) is 3.74. The topological polar surface area (TPSA) is 63.6 Å². The summed E-state index contributed by atoms with van der Waals surface area (Å²) in [4.78, 5) is 16.9. The lowest BCUT2D eigenvalue weighted by Gasteiger charge is -2.08. The minimum absolute atomic E-state index is 0.604. The average Bonchev–Trinajstić information content (AvgIpc) is 2.69. The van der Waals surface area contributed by atoms with E-state index in [1.165, 1.54) is 23.0 Å². The molecule has 1 N–H and O–H groups in total. The molecule has 0 fully saturated rings. The molecule has 0 saturated carbocycles. The molecule has 0 radical (unpaired) electrons. The summed E-state index contributed by atoms with van der Waals surface area (Å²) < 4.78 is 0. The number of hydrogen-bond donors (Lipinski definition) is 1. The molecule has 0 atom stereocenters. The number of fused-ring (bicyclic) bond motifs is 1. The van der Waals surface area contributed by atoms with Crippen LogP contribution in [0.1, 0.15) is 5.56 Å². The van der Waals surface area contributed by atoms with Crippen molar-refractivity contribution in [2.24, 2.45) is 0 Å². The first kappa shape index (κ1) is 15.2. The van der Waals surface area contributed by atoms with Crippen molar-refractivity contribution in [3.8, 4) is 11.1 Å². The molecule has 2 heterocycles. The number of benzene rings is 2. The molecule has 25 heavy (non-hydrogen) atoms. The number of nitrogens with one attached hydrogen (secondary N) is 1. The van der Waals surface area contributed by atoms with Crippen LogP contribution < -0.4 is 5.32 Å². The van der Waals surface area contributed by atoms with Crippen LogP contribution in [-0.4, -0.2) is 26.5 Å². The summed E-state index contributed by atoms with van der Waals surface area (Å²) in [5, 5.41) is 3.33. The third-order valence-electron chi connectivity index (χ3n) is 4.04. The number of aromatic nitrogens is 4. The second kappa shape index (κ2) is 7.05. The van der Waals surface area contributed by atoms with Gasteiger partial charge in [0.1, 0.15) is 11.8 Å². The van der Waals surface area contributed by atoms with Crippen molar-refractivity contribution in [1.29, 1.82) is 0 Å². The third-order valence-corrected chi connectivity index (χ3v) is 4.04. The second-order valence-electron chi connectivity index (χ2n) is 5.69. The number of rotatable bonds is 5. The van der Waals surface area contributed by atoms with E-state index in [9.17, 15) is 0 Å². The maximum Gasteiger partial charge on any atom is 0.183 e. The molecule has 0 unspecified atom stereocenters. The number of nitrogens with zero attached hydrogens (tertiary/aromatic N) is 4. The Morgan fingerprint density at radius 3 is 2.32 bits per heavy atom. The van der Waals surface area contributed by atoms with Gasteiger partial charge in [0.15, 0.2) is 11.5 Å². The zero-order chi connectivity index (χ0) is 16.9. The first-order chi connectivity index (χ1) is 12.4. The summed E-state index contributed by atoms with van der Waals surface area (Å²) in [6, 6.07) is 19.1. The van der Waals surface area contributed by atoms with E-state index in [0.717, 1.165) is 18.8 Å². The summed E-state index contributed by atoms with van der Waals surface area (Å²) in [5.41, 5.74) is 5.04. The van der Waals surface area contributed by atoms with Crippen LogP contribution in [-0.2, 0) is 6.42 Å². The van der Waals surface area contributed by atoms with Gasteiger partial charge in [-0.25, -0.2) is 19.9 Å². The molecule has 122 valence electrons. The van der Waals surface area contributed by atoms with Gasteiger partial charge in [-0.2, -0.15) is 0 Å². The van der Waals surface area contributed by atoms with Crippen LogP contribution in [0.25, 0.3) is 22.3 Å². The van der Waals surface area contributed by atoms with Gasteiger partial charge in [-0.05, 0) is 23.1 Å². The highest BCUT2D eigenvalue weighted by Gasteiger charge is 2.05. The van der Waals surface area contributed by atoms with Crippen LogP contribution in [0, 0.1) is 0 Å². The fraction of sp³-hybridized carbons (Fsp3) is 0.100. The molecule has 0 aliphatic carbocycles. The monoisotopic (exact) mass is 327 g/mol. The standard InChI is InChI=1S/C20H17N5/c1-2-4-16(5-3-1)17-8-6-15(7-9-17)10-11-22-19-18-20(25-14-24-19)23-13-12-21-18/h1-9,12-14H,10-11H2,(H,22,23,24,25). The van der Waals surface area contributed by atoms with Gasteiger partial charge < -0.3 is 5.32 Å². The van der Waals surface area contributed by atoms with Crippen LogP contribution in [0.3, 0.4) is 0 Å². The van der Waals surface area contributed by atoms with E-state index in [4.69, 9.17) is 0 Å². The molecule has 0 bridgehead atoms. The largest absolute Gasteiger partial charge is 0.368 e. The lowest BCUT2D eigenvalue weighted by molar-refractivity contribution is 1.00. The van der Waals surface area contributed by atoms with Crippen LogP contribution in [0.4, 0.5) is 5.82 Å². The van der Waals surface area contributed by atoms with Crippen molar-refractivity contribution >= 4 is 17.0 Å². The fourth-order valence-electron chi connectivity index (χ4n) is 2.74. The van der Waals surface area contributed by atoms with Gasteiger partial charge >= 0.3 is 0 Å². The second-order valence-corrected chi connectivity index (χ2v) is 5.69. The molecule has 0 aliphatic rings. The molecular weight excluding hydrogens is 310 g/mol. The fourth-order valence-corrected chi connectivity index (χ4v) is 2.74. The molecule has 2 aromatic carbocycles. The third kappa shape index (κ3) is 3.45. The van der Waals surface area contributed by atoms with Crippen molar-refractivity contribution in [1.82, 2.24) is 19.9 Å². The Kier molecular flexibility index (Phi) is 4.29. The summed E-state index contributed by atoms with van der Waals surface area (Å²) in [6.07, 6.45) is 5.70. The molecule has 4 aromatic rings. The lowest BCUT2D eigenvalue weighted by Crippen LogP contribution is -2.07. The Morgan fingerprint density at radius 1 is 0.720 bits per heavy atom. The normalized spacial score (nSPS) is 10.7. The van der Waals surface area contributed by atoms with Crippen LogP contribution in [0.15, 0.2) is 73.3 Å². The molecule has 5 nitrogen and oxygen atoms in total. The maximum absolute atomic E-state index is 4.30. The van der Waals surface area contributed by atoms with E-state index >= 15 is 0 Å². The number of hydrogen-bond acceptors (Lipinski definition) is 5. The molecule has 2 aromatic heterocycles. The van der Waals surface area contributed by atoms with Gasteiger partial charge in [-0.1, -0.05) is 54.6 Å². The molecule has 0 saturated heterocycles. The summed E-state index contributed by atoms with van der Waals surface area (Å²) in [7, 11) is 0. The Labute approximate surface area is 145 Å². The lowest BCUT2D eigenvalue weighted by atomic mass is 10.0. The Hall–Kier alpha value is -3.34. The van der Waals surface area contributed by atoms with Crippen molar-refractivity contribution in [3.63, 3.8) is 0 Å². The van der Waals surface area contributed by atoms with E-state index in [1.807, 2.05) is 6.07 Å². The van der Waals surface area contributed by atoms with Gasteiger partial charge in [-0.3, -0.25) is 0 Å². The van der Waals surface area contributed by atoms with Crippen LogP contribution in [0.2, 0.25) is 0 Å². The molecule has 5 heteroatoms. The van der Waals surface area contributed by atoms with E-state index in [2.05, 4.69) is 73.8 Å². The zero-order valence-electron chi connectivity index (χ0n) is 13.6. The van der Waals surface area contributed by atoms with Crippen LogP contribution >= 0.6 is 0 Å². The maximum atomic E-state index is 4.30. The van der Waals surface area contributed by atoms with Gasteiger partial charge in [0.05, 0.1) is 0 Å². The SMILES string of the molecule is c1ccc(-c2ccc(CCNc3ncnc4nccnc34)cc2)cc1. The number of anilines is 1. The van der Waals surface area contributed by atoms with E-state index < -0.39 is 0 Å². The minimum Gasteiger partial charge on any atom is -0.368 e. The summed E-state index contributed by atoms with van der Waals surface area (Å²) in [6.45, 7) is 0.771. The molecule has 0 aliphatic heterocycles. The van der Waals surface area contributed by atoms with E-state index in [0.29, 0.717) is 11.2 Å². The minimum atomic E-state index is 0.604. The molecule has 0 amide bonds. The molecule has 0 spiro atoms. The van der Waals surface area contributed by atoms with Gasteiger partial charge in [0.2, 0.25) is 0 Å². The average molecular weight is 327 g/mol. The Morgan fingerprint density at radius 2 is 1.48 bits per heavy atom. The van der Waals surface area contributed by atoms with Crippen molar-refractivity contribution in [3.05, 3.63) is 78.9 Å². The van der Waals surface area contributed by atoms with Crippen molar-refractivity contribution < 1.29 is 0 Å². The first-order valence-electron chi connectivity index (χ1n) is 8.20. The zero-order valence-corrected chi connectivity index (χ0v) is 13.6. The Balaban J connectivity index is 1.42. The highest BCUT2D eigenvalue weighted by Crippen LogP contribution is 2.19. The van der Waals surface area contributed by atoms with Crippen LogP contribution in [0.5, 0.6) is 0 Å². The van der Waals surface area contributed by atoms with Crippen molar-refractivity contribution in [2.45, 2.75) is 6.42 Å². The first-order valence-corrected chi connectivity index (χ1v) is 8.20. The molecule has 4 rings (SSSR count). The Bertz CT molecular complexity index is 963. The quantitative estimate of drug-likeness (QED) is 0.605. The highest BCUT2D eigenvalue weighted by atomic mass is 15.1. The smallest absolute Gasteiger partial charge is 0.183 e. The van der Waals surface area contributed by atoms with Gasteiger partial charge in [0.25, 0.3) is 0 Å². The van der Waals surface area contributed by atoms with Gasteiger partial charge in [0, 0.05) is 18.9 Å². The predicted molar refractivity (Wildman–Crippen MR) is 99.2 cm³/mol. The summed E-state index contributed by atoms with van der Waals surface area (Å²) >= 11 is 0. The highest BCUT2D eigenvalue weighted by molar-refractivity contribution is 5.81. The van der Waals surface area contributed by atoms with Crippen molar-refractivity contribution in [2.75, 3.05) is 11.9 Å². The summed E-state index contributed by atoms with van der Waals surface area (Å²) in [5.74, 6) is 0.721.